The number of ether oxygens (including phenoxy) is 1. The molecule has 0 unspecified atom stereocenters. The molecular formula is C17H22N2O3S. The van der Waals surface area contributed by atoms with Crippen LogP contribution in [0, 0.1) is 0 Å². The molecule has 2 heterocycles. The van der Waals surface area contributed by atoms with E-state index in [1.807, 2.05) is 34.9 Å². The first-order chi connectivity index (χ1) is 11.2. The number of thioether (sulfide) groups is 1. The maximum absolute atomic E-state index is 12.8. The van der Waals surface area contributed by atoms with Crippen LogP contribution in [0.15, 0.2) is 30.3 Å². The second kappa shape index (κ2) is 7.36. The van der Waals surface area contributed by atoms with Crippen LogP contribution < -0.4 is 0 Å². The van der Waals surface area contributed by atoms with Gasteiger partial charge in [0.15, 0.2) is 0 Å². The summed E-state index contributed by atoms with van der Waals surface area (Å²) in [5.41, 5.74) is 1.16. The Balaban J connectivity index is 1.75. The number of hydrogen-bond donors (Lipinski definition) is 0. The van der Waals surface area contributed by atoms with Crippen LogP contribution in [0.3, 0.4) is 0 Å². The smallest absolute Gasteiger partial charge is 0.249 e. The minimum absolute atomic E-state index is 0.0289. The van der Waals surface area contributed by atoms with Gasteiger partial charge in [-0.15, -0.1) is 0 Å². The number of amides is 2. The molecule has 2 aliphatic heterocycles. The van der Waals surface area contributed by atoms with Crippen molar-refractivity contribution in [2.45, 2.75) is 18.2 Å². The van der Waals surface area contributed by atoms with Crippen LogP contribution in [-0.4, -0.2) is 65.5 Å². The summed E-state index contributed by atoms with van der Waals surface area (Å²) in [5.74, 6) is 0.870. The van der Waals surface area contributed by atoms with E-state index in [1.54, 1.807) is 4.90 Å². The first-order valence-corrected chi connectivity index (χ1v) is 9.03. The minimum Gasteiger partial charge on any atom is -0.370 e. The zero-order valence-corrected chi connectivity index (χ0v) is 14.1. The van der Waals surface area contributed by atoms with Crippen molar-refractivity contribution in [2.24, 2.45) is 0 Å². The van der Waals surface area contributed by atoms with Gasteiger partial charge in [-0.1, -0.05) is 37.3 Å². The summed E-state index contributed by atoms with van der Waals surface area (Å²) in [4.78, 5) is 28.2. The van der Waals surface area contributed by atoms with E-state index in [2.05, 4.69) is 19.1 Å². The minimum atomic E-state index is -0.0969. The molecule has 6 heteroatoms. The van der Waals surface area contributed by atoms with Gasteiger partial charge >= 0.3 is 0 Å². The van der Waals surface area contributed by atoms with E-state index in [0.717, 1.165) is 17.9 Å². The molecule has 2 fully saturated rings. The number of nitrogens with zero attached hydrogens (tertiary/aromatic N) is 2. The van der Waals surface area contributed by atoms with Crippen LogP contribution in [0.4, 0.5) is 0 Å². The molecule has 0 saturated carbocycles. The van der Waals surface area contributed by atoms with E-state index in [9.17, 15) is 9.59 Å². The van der Waals surface area contributed by atoms with Crippen molar-refractivity contribution in [1.29, 1.82) is 0 Å². The van der Waals surface area contributed by atoms with Gasteiger partial charge in [-0.3, -0.25) is 9.59 Å². The van der Waals surface area contributed by atoms with Gasteiger partial charge in [0.05, 0.1) is 19.2 Å². The maximum atomic E-state index is 12.8. The first-order valence-electron chi connectivity index (χ1n) is 7.98. The highest BCUT2D eigenvalue weighted by Gasteiger charge is 2.34. The van der Waals surface area contributed by atoms with Crippen molar-refractivity contribution < 1.29 is 14.3 Å². The summed E-state index contributed by atoms with van der Waals surface area (Å²) < 4.78 is 5.13. The highest BCUT2D eigenvalue weighted by molar-refractivity contribution is 8.00. The van der Waals surface area contributed by atoms with Gasteiger partial charge in [-0.05, 0) is 5.56 Å². The predicted octanol–water partition coefficient (Wildman–Crippen LogP) is 1.55. The van der Waals surface area contributed by atoms with Crippen molar-refractivity contribution >= 4 is 23.6 Å². The van der Waals surface area contributed by atoms with Crippen LogP contribution in [0.2, 0.25) is 0 Å². The van der Waals surface area contributed by atoms with Gasteiger partial charge in [0.2, 0.25) is 11.8 Å². The van der Waals surface area contributed by atoms with E-state index in [-0.39, 0.29) is 31.0 Å². The molecular weight excluding hydrogens is 312 g/mol. The monoisotopic (exact) mass is 334 g/mol. The highest BCUT2D eigenvalue weighted by Crippen LogP contribution is 2.36. The largest absolute Gasteiger partial charge is 0.370 e. The van der Waals surface area contributed by atoms with Crippen LogP contribution >= 0.6 is 11.8 Å². The molecule has 3 rings (SSSR count). The first kappa shape index (κ1) is 16.3. The van der Waals surface area contributed by atoms with Crippen LogP contribution in [0.1, 0.15) is 18.5 Å². The normalized spacial score (nSPS) is 25.5. The van der Waals surface area contributed by atoms with Crippen LogP contribution in [0.25, 0.3) is 0 Å². The third-order valence-corrected chi connectivity index (χ3v) is 5.57. The molecule has 0 N–H and O–H groups in total. The molecule has 124 valence electrons. The summed E-state index contributed by atoms with van der Waals surface area (Å²) in [6, 6.07) is 10.2. The van der Waals surface area contributed by atoms with E-state index in [4.69, 9.17) is 4.74 Å². The predicted molar refractivity (Wildman–Crippen MR) is 90.2 cm³/mol. The Labute approximate surface area is 141 Å². The van der Waals surface area contributed by atoms with E-state index in [1.165, 1.54) is 0 Å². The average Bonchev–Trinajstić information content (AvgIpc) is 2.57. The van der Waals surface area contributed by atoms with E-state index < -0.39 is 0 Å². The molecule has 0 spiro atoms. The van der Waals surface area contributed by atoms with Gasteiger partial charge in [-0.25, -0.2) is 0 Å². The zero-order chi connectivity index (χ0) is 16.2. The molecule has 1 aromatic rings. The average molecular weight is 334 g/mol. The molecule has 2 aliphatic rings. The lowest BCUT2D eigenvalue weighted by molar-refractivity contribution is -0.149. The van der Waals surface area contributed by atoms with Crippen molar-refractivity contribution in [3.05, 3.63) is 35.9 Å². The highest BCUT2D eigenvalue weighted by atomic mass is 32.2. The van der Waals surface area contributed by atoms with Gasteiger partial charge in [0.1, 0.15) is 6.61 Å². The molecule has 0 radical (unpaired) electrons. The standard InChI is InChI=1S/C17H22N2O3S/c1-13-17(14-5-3-2-4-6-14)19(8-10-23-13)15(20)11-18-7-9-22-12-16(18)21/h2-6,13,17H,7-12H2,1H3/t13-,17-/m0/s1. The van der Waals surface area contributed by atoms with Crippen LogP contribution in [-0.2, 0) is 14.3 Å². The molecule has 2 atom stereocenters. The van der Waals surface area contributed by atoms with Gasteiger partial charge in [0.25, 0.3) is 0 Å². The summed E-state index contributed by atoms with van der Waals surface area (Å²) in [6.45, 7) is 4.14. The summed E-state index contributed by atoms with van der Waals surface area (Å²) in [7, 11) is 0. The third-order valence-electron chi connectivity index (χ3n) is 4.36. The number of carbonyl (C=O) groups excluding carboxylic acids is 2. The molecule has 2 amide bonds. The lowest BCUT2D eigenvalue weighted by Gasteiger charge is -2.41. The quantitative estimate of drug-likeness (QED) is 0.842. The van der Waals surface area contributed by atoms with Gasteiger partial charge < -0.3 is 14.5 Å². The fourth-order valence-corrected chi connectivity index (χ4v) is 4.33. The molecule has 0 aromatic heterocycles. The van der Waals surface area contributed by atoms with Crippen molar-refractivity contribution in [2.75, 3.05) is 38.6 Å². The Bertz CT molecular complexity index is 566. The Morgan fingerprint density at radius 1 is 1.30 bits per heavy atom. The van der Waals surface area contributed by atoms with E-state index in [0.29, 0.717) is 18.4 Å². The lowest BCUT2D eigenvalue weighted by Crippen LogP contribution is -2.51. The van der Waals surface area contributed by atoms with Crippen LogP contribution in [0.5, 0.6) is 0 Å². The molecule has 0 aliphatic carbocycles. The van der Waals surface area contributed by atoms with E-state index >= 15 is 0 Å². The molecule has 23 heavy (non-hydrogen) atoms. The fourth-order valence-electron chi connectivity index (χ4n) is 3.17. The van der Waals surface area contributed by atoms with Gasteiger partial charge in [0, 0.05) is 24.1 Å². The zero-order valence-electron chi connectivity index (χ0n) is 13.3. The van der Waals surface area contributed by atoms with Gasteiger partial charge in [-0.2, -0.15) is 11.8 Å². The Hall–Kier alpha value is -1.53. The second-order valence-electron chi connectivity index (χ2n) is 5.89. The number of benzene rings is 1. The van der Waals surface area contributed by atoms with Crippen molar-refractivity contribution in [3.8, 4) is 0 Å². The summed E-state index contributed by atoms with van der Waals surface area (Å²) >= 11 is 1.89. The van der Waals surface area contributed by atoms with Crippen molar-refractivity contribution in [1.82, 2.24) is 9.80 Å². The fraction of sp³-hybridized carbons (Fsp3) is 0.529. The van der Waals surface area contributed by atoms with Crippen molar-refractivity contribution in [3.63, 3.8) is 0 Å². The number of rotatable bonds is 3. The maximum Gasteiger partial charge on any atom is 0.249 e. The SMILES string of the molecule is C[C@@H]1SCCN(C(=O)CN2CCOCC2=O)[C@@H]1c1ccccc1. The third kappa shape index (κ3) is 3.70. The topological polar surface area (TPSA) is 49.9 Å². The summed E-state index contributed by atoms with van der Waals surface area (Å²) in [5, 5.41) is 0.343. The lowest BCUT2D eigenvalue weighted by atomic mass is 10.0. The molecule has 1 aromatic carbocycles. The second-order valence-corrected chi connectivity index (χ2v) is 7.37. The number of carbonyl (C=O) groups is 2. The Morgan fingerprint density at radius 2 is 2.09 bits per heavy atom. The summed E-state index contributed by atoms with van der Waals surface area (Å²) in [6.07, 6.45) is 0. The number of morpholine rings is 1. The molecule has 5 nitrogen and oxygen atoms in total. The Kier molecular flexibility index (Phi) is 5.23. The molecule has 2 saturated heterocycles. The molecule has 0 bridgehead atoms. The Morgan fingerprint density at radius 3 is 2.83 bits per heavy atom. The number of hydrogen-bond acceptors (Lipinski definition) is 4.